The fourth-order valence-corrected chi connectivity index (χ4v) is 4.75. The second kappa shape index (κ2) is 12.0. The van der Waals surface area contributed by atoms with Gasteiger partial charge in [0.2, 0.25) is 17.7 Å². The zero-order valence-corrected chi connectivity index (χ0v) is 22.4. The standard InChI is InChI=1S/C26H30N6O9/c1-39-19-5-3-2-4-18(19)30(13-17-12-29(8-9-40-17)23(35)15-33)22(34)10-20-27-21(41-28-20)14-32-25(37)24(36)31(26(32)38)11-16-6-7-16/h2-5,16-17,33H,6-15H2,1H3/t17-/m1/s1. The average molecular weight is 571 g/mol. The summed E-state index contributed by atoms with van der Waals surface area (Å²) >= 11 is 0. The number of hydrogen-bond donors (Lipinski definition) is 1. The van der Waals surface area contributed by atoms with Crippen LogP contribution in [0.2, 0.25) is 0 Å². The normalized spacial score (nSPS) is 19.2. The van der Waals surface area contributed by atoms with Gasteiger partial charge < -0.3 is 28.9 Å². The highest BCUT2D eigenvalue weighted by Crippen LogP contribution is 2.32. The lowest BCUT2D eigenvalue weighted by Gasteiger charge is -2.35. The smallest absolute Gasteiger partial charge is 0.334 e. The number of nitrogens with zero attached hydrogens (tertiary/aromatic N) is 6. The van der Waals surface area contributed by atoms with E-state index in [-0.39, 0.29) is 50.3 Å². The number of rotatable bonds is 11. The topological polar surface area (TPSA) is 176 Å². The molecule has 1 aliphatic carbocycles. The first-order valence-electron chi connectivity index (χ1n) is 13.2. The Balaban J connectivity index is 1.29. The lowest BCUT2D eigenvalue weighted by Crippen LogP contribution is -2.51. The molecule has 1 aromatic carbocycles. The van der Waals surface area contributed by atoms with Gasteiger partial charge in [0.1, 0.15) is 18.9 Å². The van der Waals surface area contributed by atoms with Crippen molar-refractivity contribution in [3.63, 3.8) is 0 Å². The molecule has 41 heavy (non-hydrogen) atoms. The molecule has 218 valence electrons. The molecule has 15 heteroatoms. The van der Waals surface area contributed by atoms with E-state index in [1.54, 1.807) is 24.3 Å². The van der Waals surface area contributed by atoms with Gasteiger partial charge >= 0.3 is 17.8 Å². The van der Waals surface area contributed by atoms with Crippen molar-refractivity contribution in [1.29, 1.82) is 0 Å². The van der Waals surface area contributed by atoms with Gasteiger partial charge in [0.25, 0.3) is 0 Å². The van der Waals surface area contributed by atoms with E-state index >= 15 is 0 Å². The summed E-state index contributed by atoms with van der Waals surface area (Å²) < 4.78 is 16.5. The number of urea groups is 1. The number of carbonyl (C=O) groups excluding carboxylic acids is 5. The summed E-state index contributed by atoms with van der Waals surface area (Å²) in [5.41, 5.74) is 0.459. The number of amides is 6. The van der Waals surface area contributed by atoms with Crippen LogP contribution in [0, 0.1) is 5.92 Å². The maximum atomic E-state index is 13.6. The zero-order chi connectivity index (χ0) is 29.1. The first-order chi connectivity index (χ1) is 19.8. The van der Waals surface area contributed by atoms with Crippen molar-refractivity contribution in [1.82, 2.24) is 24.8 Å². The quantitative estimate of drug-likeness (QED) is 0.274. The number of methoxy groups -OCH3 is 1. The summed E-state index contributed by atoms with van der Waals surface area (Å²) in [6.45, 7) is 0.00593. The molecule has 2 aromatic rings. The summed E-state index contributed by atoms with van der Waals surface area (Å²) in [5, 5.41) is 13.1. The number of benzene rings is 1. The largest absolute Gasteiger partial charge is 0.495 e. The third-order valence-electron chi connectivity index (χ3n) is 7.08. The number of ether oxygens (including phenoxy) is 2. The SMILES string of the molecule is COc1ccccc1N(C[C@H]1CN(C(=O)CO)CCO1)C(=O)Cc1noc(CN2C(=O)C(=O)N(CC3CC3)C2=O)n1. The van der Waals surface area contributed by atoms with Gasteiger partial charge in [-0.15, -0.1) is 0 Å². The van der Waals surface area contributed by atoms with Gasteiger partial charge in [-0.2, -0.15) is 4.98 Å². The highest BCUT2D eigenvalue weighted by molar-refractivity contribution is 6.44. The number of morpholine rings is 1. The molecule has 6 amide bonds. The third-order valence-corrected chi connectivity index (χ3v) is 7.08. The molecule has 0 radical (unpaired) electrons. The van der Waals surface area contributed by atoms with Crippen molar-refractivity contribution in [2.75, 3.05) is 51.4 Å². The first-order valence-corrected chi connectivity index (χ1v) is 13.2. The van der Waals surface area contributed by atoms with E-state index in [1.165, 1.54) is 16.9 Å². The van der Waals surface area contributed by atoms with E-state index in [0.717, 1.165) is 22.6 Å². The number of aliphatic hydroxyl groups is 1. The predicted octanol–water partition coefficient (Wildman–Crippen LogP) is -0.426. The fourth-order valence-electron chi connectivity index (χ4n) is 4.75. The van der Waals surface area contributed by atoms with Crippen LogP contribution < -0.4 is 9.64 Å². The van der Waals surface area contributed by atoms with Crippen molar-refractivity contribution >= 4 is 35.3 Å². The number of carbonyl (C=O) groups is 5. The van der Waals surface area contributed by atoms with Crippen LogP contribution in [0.4, 0.5) is 10.5 Å². The van der Waals surface area contributed by atoms with Gasteiger partial charge in [-0.05, 0) is 30.9 Å². The zero-order valence-electron chi connectivity index (χ0n) is 22.4. The molecule has 3 fully saturated rings. The number of anilines is 1. The van der Waals surface area contributed by atoms with E-state index in [1.807, 2.05) is 0 Å². The van der Waals surface area contributed by atoms with Crippen LogP contribution in [0.1, 0.15) is 24.6 Å². The Morgan fingerprint density at radius 2 is 1.90 bits per heavy atom. The number of imide groups is 2. The Morgan fingerprint density at radius 1 is 1.15 bits per heavy atom. The molecular formula is C26H30N6O9. The van der Waals surface area contributed by atoms with E-state index in [2.05, 4.69) is 10.1 Å². The highest BCUT2D eigenvalue weighted by atomic mass is 16.5. The Labute approximate surface area is 234 Å². The van der Waals surface area contributed by atoms with Crippen LogP contribution in [0.5, 0.6) is 5.75 Å². The summed E-state index contributed by atoms with van der Waals surface area (Å²) in [7, 11) is 1.48. The molecule has 5 rings (SSSR count). The summed E-state index contributed by atoms with van der Waals surface area (Å²) in [6.07, 6.45) is 0.966. The lowest BCUT2D eigenvalue weighted by atomic mass is 10.2. The van der Waals surface area contributed by atoms with E-state index in [9.17, 15) is 29.1 Å². The number of aliphatic hydroxyl groups excluding tert-OH is 1. The molecule has 1 aromatic heterocycles. The maximum Gasteiger partial charge on any atom is 0.334 e. The van der Waals surface area contributed by atoms with E-state index in [0.29, 0.717) is 18.0 Å². The third kappa shape index (κ3) is 6.20. The molecule has 15 nitrogen and oxygen atoms in total. The van der Waals surface area contributed by atoms with Crippen LogP contribution in [0.15, 0.2) is 28.8 Å². The monoisotopic (exact) mass is 570 g/mol. The Morgan fingerprint density at radius 3 is 2.63 bits per heavy atom. The Kier molecular flexibility index (Phi) is 8.26. The van der Waals surface area contributed by atoms with E-state index in [4.69, 9.17) is 14.0 Å². The Bertz CT molecular complexity index is 1340. The van der Waals surface area contributed by atoms with Crippen LogP contribution in [0.25, 0.3) is 0 Å². The molecule has 0 bridgehead atoms. The van der Waals surface area contributed by atoms with Crippen LogP contribution in [0.3, 0.4) is 0 Å². The van der Waals surface area contributed by atoms with Gasteiger partial charge in [-0.1, -0.05) is 17.3 Å². The number of para-hydroxylation sites is 2. The van der Waals surface area contributed by atoms with Gasteiger partial charge in [-0.25, -0.2) is 9.69 Å². The van der Waals surface area contributed by atoms with Crippen molar-refractivity contribution in [3.8, 4) is 5.75 Å². The lowest BCUT2D eigenvalue weighted by molar-refractivity contribution is -0.143. The molecule has 2 aliphatic heterocycles. The molecule has 3 aliphatic rings. The van der Waals surface area contributed by atoms with Crippen molar-refractivity contribution in [2.24, 2.45) is 5.92 Å². The number of hydrogen-bond acceptors (Lipinski definition) is 11. The second-order valence-electron chi connectivity index (χ2n) is 9.98. The molecule has 0 unspecified atom stereocenters. The van der Waals surface area contributed by atoms with E-state index < -0.39 is 48.9 Å². The summed E-state index contributed by atoms with van der Waals surface area (Å²) in [5.74, 6) is -2.15. The minimum absolute atomic E-state index is 0.00630. The minimum atomic E-state index is -0.963. The van der Waals surface area contributed by atoms with Crippen LogP contribution >= 0.6 is 0 Å². The van der Waals surface area contributed by atoms with Crippen molar-refractivity contribution in [3.05, 3.63) is 36.0 Å². The minimum Gasteiger partial charge on any atom is -0.495 e. The maximum absolute atomic E-state index is 13.6. The van der Waals surface area contributed by atoms with Crippen molar-refractivity contribution < 1.29 is 43.1 Å². The number of aromatic nitrogens is 2. The van der Waals surface area contributed by atoms with Crippen molar-refractivity contribution in [2.45, 2.75) is 31.9 Å². The van der Waals surface area contributed by atoms with Gasteiger partial charge in [-0.3, -0.25) is 24.1 Å². The van der Waals surface area contributed by atoms with Gasteiger partial charge in [0.15, 0.2) is 5.82 Å². The molecule has 1 saturated carbocycles. The highest BCUT2D eigenvalue weighted by Gasteiger charge is 2.46. The second-order valence-corrected chi connectivity index (χ2v) is 9.98. The predicted molar refractivity (Wildman–Crippen MR) is 137 cm³/mol. The average Bonchev–Trinajstić information content (AvgIpc) is 3.68. The van der Waals surface area contributed by atoms with Gasteiger partial charge in [0.05, 0.1) is 38.5 Å². The van der Waals surface area contributed by atoms with Crippen LogP contribution in [-0.4, -0.2) is 112 Å². The van der Waals surface area contributed by atoms with Crippen LogP contribution in [-0.2, 0) is 36.9 Å². The fraction of sp³-hybridized carbons (Fsp3) is 0.500. The molecule has 2 saturated heterocycles. The first kappa shape index (κ1) is 28.2. The Hall–Kier alpha value is -4.37. The molecule has 0 spiro atoms. The molecule has 1 N–H and O–H groups in total. The molecule has 3 heterocycles. The summed E-state index contributed by atoms with van der Waals surface area (Å²) in [6, 6.07) is 6.17. The molecule has 1 atom stereocenters. The summed E-state index contributed by atoms with van der Waals surface area (Å²) in [4.78, 5) is 71.7. The van der Waals surface area contributed by atoms with Gasteiger partial charge in [0, 0.05) is 19.6 Å². The molecular weight excluding hydrogens is 540 g/mol.